The summed E-state index contributed by atoms with van der Waals surface area (Å²) in [6, 6.07) is 0. The third-order valence-electron chi connectivity index (χ3n) is 2.28. The minimum Gasteiger partial charge on any atom is -0.461 e. The zero-order chi connectivity index (χ0) is 15.3. The third kappa shape index (κ3) is 4.12. The number of allylic oxidation sites excluding steroid dienone is 1. The highest BCUT2D eigenvalue weighted by Crippen LogP contribution is 2.13. The first-order chi connectivity index (χ1) is 9.27. The summed E-state index contributed by atoms with van der Waals surface area (Å²) in [7, 11) is -2.45. The van der Waals surface area contributed by atoms with E-state index >= 15 is 0 Å². The smallest absolute Gasteiger partial charge is 0.358 e. The summed E-state index contributed by atoms with van der Waals surface area (Å²) in [5, 5.41) is -0.354. The number of carbonyl (C=O) groups is 1. The van der Waals surface area contributed by atoms with Crippen molar-refractivity contribution in [3.8, 4) is 0 Å². The monoisotopic (exact) mass is 308 g/mol. The van der Waals surface area contributed by atoms with E-state index in [-0.39, 0.29) is 23.9 Å². The van der Waals surface area contributed by atoms with Crippen LogP contribution in [0.1, 0.15) is 23.8 Å². The summed E-state index contributed by atoms with van der Waals surface area (Å²) in [5.74, 6) is -1.25. The van der Waals surface area contributed by atoms with Crippen molar-refractivity contribution in [1.82, 2.24) is 9.55 Å². The number of sulfone groups is 1. The van der Waals surface area contributed by atoms with Gasteiger partial charge in [-0.25, -0.2) is 18.2 Å². The van der Waals surface area contributed by atoms with Crippen LogP contribution in [0.15, 0.2) is 23.5 Å². The molecule has 6 nitrogen and oxygen atoms in total. The molecule has 1 aromatic heterocycles. The fourth-order valence-electron chi connectivity index (χ4n) is 1.46. The lowest BCUT2D eigenvalue weighted by Gasteiger charge is -2.01. The molecule has 0 aromatic carbocycles. The second-order valence-electron chi connectivity index (χ2n) is 3.84. The third-order valence-corrected chi connectivity index (χ3v) is 3.99. The lowest BCUT2D eigenvalue weighted by atomic mass is 10.5. The van der Waals surface area contributed by atoms with Crippen LogP contribution < -0.4 is 0 Å². The molecule has 0 radical (unpaired) electrons. The Morgan fingerprint density at radius 2 is 2.15 bits per heavy atom. The Balaban J connectivity index is 2.96. The van der Waals surface area contributed by atoms with E-state index in [0.717, 1.165) is 4.57 Å². The number of imidazole rings is 1. The van der Waals surface area contributed by atoms with Gasteiger partial charge in [-0.15, -0.1) is 0 Å². The highest BCUT2D eigenvalue weighted by molar-refractivity contribution is 7.91. The minimum absolute atomic E-state index is 0.137. The van der Waals surface area contributed by atoms with Crippen LogP contribution in [-0.2, 0) is 21.6 Å². The SMILES string of the molecule is CCOC(=O)c1cn(C)c(S(=O)(=O)CCC=C(F)F)n1. The summed E-state index contributed by atoms with van der Waals surface area (Å²) in [5.41, 5.74) is -0.139. The predicted molar refractivity (Wildman–Crippen MR) is 66.1 cm³/mol. The molecule has 0 aliphatic heterocycles. The number of ether oxygens (including phenoxy) is 1. The van der Waals surface area contributed by atoms with Crippen molar-refractivity contribution in [2.75, 3.05) is 12.4 Å². The molecule has 1 rings (SSSR count). The first-order valence-corrected chi connectivity index (χ1v) is 7.37. The van der Waals surface area contributed by atoms with E-state index in [1.165, 1.54) is 13.2 Å². The Bertz CT molecular complexity index is 618. The predicted octanol–water partition coefficient (Wildman–Crippen LogP) is 1.54. The molecule has 20 heavy (non-hydrogen) atoms. The molecule has 1 heterocycles. The molecule has 1 aromatic rings. The van der Waals surface area contributed by atoms with Crippen LogP contribution in [0.5, 0.6) is 0 Å². The lowest BCUT2D eigenvalue weighted by molar-refractivity contribution is 0.0519. The standard InChI is InChI=1S/C11H14F2N2O4S/c1-3-19-10(16)8-7-15(2)11(14-8)20(17,18)6-4-5-9(12)13/h5,7H,3-4,6H2,1-2H3. The van der Waals surface area contributed by atoms with E-state index in [1.807, 2.05) is 0 Å². The van der Waals surface area contributed by atoms with Crippen LogP contribution >= 0.6 is 0 Å². The van der Waals surface area contributed by atoms with Crippen molar-refractivity contribution in [3.05, 3.63) is 24.0 Å². The average Bonchev–Trinajstić information content (AvgIpc) is 2.71. The number of hydrogen-bond donors (Lipinski definition) is 0. The summed E-state index contributed by atoms with van der Waals surface area (Å²) < 4.78 is 53.4. The highest BCUT2D eigenvalue weighted by atomic mass is 32.2. The van der Waals surface area contributed by atoms with Gasteiger partial charge in [0.25, 0.3) is 6.08 Å². The van der Waals surface area contributed by atoms with Gasteiger partial charge in [0.15, 0.2) is 5.69 Å². The number of hydrogen-bond acceptors (Lipinski definition) is 5. The summed E-state index contributed by atoms with van der Waals surface area (Å²) in [6.45, 7) is 1.74. The first kappa shape index (κ1) is 16.3. The zero-order valence-corrected chi connectivity index (χ0v) is 11.8. The Morgan fingerprint density at radius 3 is 2.70 bits per heavy atom. The van der Waals surface area contributed by atoms with E-state index in [1.54, 1.807) is 6.92 Å². The maximum Gasteiger partial charge on any atom is 0.358 e. The van der Waals surface area contributed by atoms with Gasteiger partial charge < -0.3 is 9.30 Å². The normalized spacial score (nSPS) is 11.2. The van der Waals surface area contributed by atoms with Gasteiger partial charge in [-0.1, -0.05) is 0 Å². The largest absolute Gasteiger partial charge is 0.461 e. The van der Waals surface area contributed by atoms with Gasteiger partial charge in [-0.3, -0.25) is 0 Å². The van der Waals surface area contributed by atoms with Crippen molar-refractivity contribution in [2.45, 2.75) is 18.5 Å². The van der Waals surface area contributed by atoms with Crippen molar-refractivity contribution in [1.29, 1.82) is 0 Å². The molecule has 0 amide bonds. The van der Waals surface area contributed by atoms with Crippen molar-refractivity contribution in [2.24, 2.45) is 7.05 Å². The molecule has 9 heteroatoms. The fraction of sp³-hybridized carbons (Fsp3) is 0.455. The van der Waals surface area contributed by atoms with Gasteiger partial charge in [0.05, 0.1) is 12.4 Å². The number of nitrogens with zero attached hydrogens (tertiary/aromatic N) is 2. The van der Waals surface area contributed by atoms with Crippen LogP contribution in [0, 0.1) is 0 Å². The van der Waals surface area contributed by atoms with E-state index in [4.69, 9.17) is 4.74 Å². The van der Waals surface area contributed by atoms with Crippen LogP contribution in [0.3, 0.4) is 0 Å². The van der Waals surface area contributed by atoms with Crippen LogP contribution in [0.4, 0.5) is 8.78 Å². The van der Waals surface area contributed by atoms with Crippen molar-refractivity contribution >= 4 is 15.8 Å². The van der Waals surface area contributed by atoms with Crippen LogP contribution in [0.25, 0.3) is 0 Å². The molecule has 0 saturated heterocycles. The van der Waals surface area contributed by atoms with Crippen molar-refractivity contribution < 1.29 is 26.7 Å². The number of carbonyl (C=O) groups excluding carboxylic acids is 1. The van der Waals surface area contributed by atoms with E-state index in [0.29, 0.717) is 6.08 Å². The Morgan fingerprint density at radius 1 is 1.50 bits per heavy atom. The fourth-order valence-corrected chi connectivity index (χ4v) is 2.80. The lowest BCUT2D eigenvalue weighted by Crippen LogP contribution is -2.12. The molecule has 0 saturated carbocycles. The van der Waals surface area contributed by atoms with E-state index in [2.05, 4.69) is 4.98 Å². The van der Waals surface area contributed by atoms with Crippen LogP contribution in [0.2, 0.25) is 0 Å². The number of rotatable bonds is 6. The maximum absolute atomic E-state index is 11.9. The van der Waals surface area contributed by atoms with Gasteiger partial charge in [0.2, 0.25) is 15.0 Å². The molecular formula is C11H14F2N2O4S. The first-order valence-electron chi connectivity index (χ1n) is 5.72. The second kappa shape index (κ2) is 6.60. The Labute approximate surface area is 115 Å². The minimum atomic E-state index is -3.85. The molecule has 112 valence electrons. The molecular weight excluding hydrogens is 294 g/mol. The van der Waals surface area contributed by atoms with Gasteiger partial charge in [-0.05, 0) is 19.4 Å². The topological polar surface area (TPSA) is 78.3 Å². The molecule has 0 atom stereocenters. The second-order valence-corrected chi connectivity index (χ2v) is 5.84. The Hall–Kier alpha value is -1.77. The average molecular weight is 308 g/mol. The molecule has 0 N–H and O–H groups in total. The highest BCUT2D eigenvalue weighted by Gasteiger charge is 2.23. The molecule has 0 aliphatic carbocycles. The molecule has 0 spiro atoms. The van der Waals surface area contributed by atoms with Gasteiger partial charge in [0, 0.05) is 13.2 Å². The molecule has 0 bridgehead atoms. The molecule has 0 aliphatic rings. The quantitative estimate of drug-likeness (QED) is 0.745. The van der Waals surface area contributed by atoms with Gasteiger partial charge in [0.1, 0.15) is 0 Å². The maximum atomic E-state index is 11.9. The Kier molecular flexibility index (Phi) is 5.37. The van der Waals surface area contributed by atoms with E-state index < -0.39 is 27.6 Å². The van der Waals surface area contributed by atoms with Crippen molar-refractivity contribution in [3.63, 3.8) is 0 Å². The van der Waals surface area contributed by atoms with Gasteiger partial charge >= 0.3 is 5.97 Å². The molecule has 0 fully saturated rings. The summed E-state index contributed by atoms with van der Waals surface area (Å²) in [6.07, 6.45) is -0.526. The number of aryl methyl sites for hydroxylation is 1. The van der Waals surface area contributed by atoms with E-state index in [9.17, 15) is 22.0 Å². The van der Waals surface area contributed by atoms with Gasteiger partial charge in [-0.2, -0.15) is 8.78 Å². The number of aromatic nitrogens is 2. The summed E-state index contributed by atoms with van der Waals surface area (Å²) >= 11 is 0. The summed E-state index contributed by atoms with van der Waals surface area (Å²) in [4.78, 5) is 15.1. The van der Waals surface area contributed by atoms with Crippen LogP contribution in [-0.4, -0.2) is 36.3 Å². The molecule has 0 unspecified atom stereocenters. The zero-order valence-electron chi connectivity index (χ0n) is 11.0. The number of halogens is 2. The number of esters is 1.